The maximum Gasteiger partial charge on any atom is 0.258 e. The molecule has 7 nitrogen and oxygen atoms in total. The highest BCUT2D eigenvalue weighted by Crippen LogP contribution is 2.09. The molecule has 0 aliphatic carbocycles. The molecular weight excluding hydrogens is 278 g/mol. The zero-order valence-corrected chi connectivity index (χ0v) is 11.7. The van der Waals surface area contributed by atoms with Crippen LogP contribution in [0.25, 0.3) is 0 Å². The first-order valence-corrected chi connectivity index (χ1v) is 7.29. The summed E-state index contributed by atoms with van der Waals surface area (Å²) in [4.78, 5) is 0. The largest absolute Gasteiger partial charge is 0.384 e. The smallest absolute Gasteiger partial charge is 0.258 e. The molecular formula is C12H15N5O2S. The SMILES string of the molecule is Cn1nccc1S(=O)(=O)NCc1cccc(C(=N)N)c1. The van der Waals surface area contributed by atoms with Crippen LogP contribution in [0, 0.1) is 5.41 Å². The number of nitrogens with one attached hydrogen (secondary N) is 2. The van der Waals surface area contributed by atoms with Gasteiger partial charge >= 0.3 is 0 Å². The minimum atomic E-state index is -3.61. The molecule has 2 aromatic rings. The summed E-state index contributed by atoms with van der Waals surface area (Å²) < 4.78 is 27.9. The number of amidine groups is 1. The summed E-state index contributed by atoms with van der Waals surface area (Å²) in [6, 6.07) is 8.28. The second-order valence-corrected chi connectivity index (χ2v) is 5.95. The summed E-state index contributed by atoms with van der Waals surface area (Å²) in [5.74, 6) is -0.0543. The summed E-state index contributed by atoms with van der Waals surface area (Å²) in [5, 5.41) is 11.3. The normalized spacial score (nSPS) is 11.4. The molecule has 20 heavy (non-hydrogen) atoms. The first-order chi connectivity index (χ1) is 9.40. The highest BCUT2D eigenvalue weighted by Gasteiger charge is 2.17. The summed E-state index contributed by atoms with van der Waals surface area (Å²) in [6.07, 6.45) is 1.42. The van der Waals surface area contributed by atoms with Crippen molar-refractivity contribution in [2.24, 2.45) is 12.8 Å². The van der Waals surface area contributed by atoms with Crippen LogP contribution in [0.3, 0.4) is 0 Å². The van der Waals surface area contributed by atoms with Crippen molar-refractivity contribution < 1.29 is 8.42 Å². The van der Waals surface area contributed by atoms with Gasteiger partial charge in [-0.3, -0.25) is 10.1 Å². The van der Waals surface area contributed by atoms with Gasteiger partial charge in [0.05, 0.1) is 6.20 Å². The standard InChI is InChI=1S/C12H15N5O2S/c1-17-11(5-6-15-17)20(18,19)16-8-9-3-2-4-10(7-9)12(13)14/h2-7,16H,8H2,1H3,(H3,13,14). The van der Waals surface area contributed by atoms with Crippen LogP contribution < -0.4 is 10.5 Å². The average Bonchev–Trinajstić information content (AvgIpc) is 2.84. The Kier molecular flexibility index (Phi) is 3.86. The lowest BCUT2D eigenvalue weighted by Gasteiger charge is -2.08. The molecule has 1 aromatic heterocycles. The van der Waals surface area contributed by atoms with Crippen molar-refractivity contribution in [1.29, 1.82) is 5.41 Å². The third-order valence-corrected chi connectivity index (χ3v) is 4.23. The summed E-state index contributed by atoms with van der Waals surface area (Å²) in [6.45, 7) is 0.120. The van der Waals surface area contributed by atoms with Gasteiger partial charge in [0.2, 0.25) is 0 Å². The number of benzene rings is 1. The van der Waals surface area contributed by atoms with Crippen LogP contribution in [0.4, 0.5) is 0 Å². The number of nitrogens with zero attached hydrogens (tertiary/aromatic N) is 2. The Morgan fingerprint density at radius 2 is 2.20 bits per heavy atom. The molecule has 8 heteroatoms. The number of hydrogen-bond donors (Lipinski definition) is 3. The number of aromatic nitrogens is 2. The average molecular weight is 293 g/mol. The third kappa shape index (κ3) is 3.03. The molecule has 2 rings (SSSR count). The maximum atomic E-state index is 12.1. The number of nitrogens with two attached hydrogens (primary N) is 1. The van der Waals surface area contributed by atoms with E-state index in [1.165, 1.54) is 16.9 Å². The van der Waals surface area contributed by atoms with Crippen LogP contribution in [0.2, 0.25) is 0 Å². The lowest BCUT2D eigenvalue weighted by Crippen LogP contribution is -2.25. The summed E-state index contributed by atoms with van der Waals surface area (Å²) in [5.41, 5.74) is 6.68. The van der Waals surface area contributed by atoms with E-state index >= 15 is 0 Å². The monoisotopic (exact) mass is 293 g/mol. The zero-order chi connectivity index (χ0) is 14.8. The minimum Gasteiger partial charge on any atom is -0.384 e. The molecule has 0 fully saturated rings. The Bertz CT molecular complexity index is 736. The first kappa shape index (κ1) is 14.2. The number of aryl methyl sites for hydroxylation is 1. The van der Waals surface area contributed by atoms with Crippen molar-refractivity contribution in [2.45, 2.75) is 11.6 Å². The molecule has 1 aromatic carbocycles. The molecule has 0 atom stereocenters. The lowest BCUT2D eigenvalue weighted by molar-refractivity contribution is 0.563. The Morgan fingerprint density at radius 1 is 1.45 bits per heavy atom. The van der Waals surface area contributed by atoms with E-state index in [1.54, 1.807) is 31.3 Å². The van der Waals surface area contributed by atoms with Crippen molar-refractivity contribution in [2.75, 3.05) is 0 Å². The number of nitrogen functional groups attached to an aromatic ring is 1. The van der Waals surface area contributed by atoms with Crippen LogP contribution in [0.1, 0.15) is 11.1 Å². The Balaban J connectivity index is 2.15. The van der Waals surface area contributed by atoms with Crippen LogP contribution in [0.15, 0.2) is 41.6 Å². The summed E-state index contributed by atoms with van der Waals surface area (Å²) in [7, 11) is -2.05. The van der Waals surface area contributed by atoms with E-state index in [0.717, 1.165) is 5.56 Å². The van der Waals surface area contributed by atoms with E-state index < -0.39 is 10.0 Å². The lowest BCUT2D eigenvalue weighted by atomic mass is 10.1. The van der Waals surface area contributed by atoms with E-state index in [2.05, 4.69) is 9.82 Å². The highest BCUT2D eigenvalue weighted by atomic mass is 32.2. The van der Waals surface area contributed by atoms with Gasteiger partial charge in [-0.25, -0.2) is 13.1 Å². The molecule has 0 unspecified atom stereocenters. The Labute approximate surface area is 117 Å². The van der Waals surface area contributed by atoms with Gasteiger partial charge < -0.3 is 5.73 Å². The van der Waals surface area contributed by atoms with Crippen molar-refractivity contribution in [3.05, 3.63) is 47.7 Å². The van der Waals surface area contributed by atoms with E-state index in [-0.39, 0.29) is 17.4 Å². The number of rotatable bonds is 5. The van der Waals surface area contributed by atoms with Gasteiger partial charge in [-0.1, -0.05) is 18.2 Å². The molecule has 0 aliphatic heterocycles. The van der Waals surface area contributed by atoms with Crippen molar-refractivity contribution in [3.63, 3.8) is 0 Å². The molecule has 0 saturated carbocycles. The first-order valence-electron chi connectivity index (χ1n) is 5.81. The quantitative estimate of drug-likeness (QED) is 0.539. The van der Waals surface area contributed by atoms with E-state index in [0.29, 0.717) is 5.56 Å². The molecule has 4 N–H and O–H groups in total. The van der Waals surface area contributed by atoms with Gasteiger partial charge in [-0.15, -0.1) is 0 Å². The minimum absolute atomic E-state index is 0.0543. The van der Waals surface area contributed by atoms with Gasteiger partial charge in [-0.2, -0.15) is 5.10 Å². The number of sulfonamides is 1. The molecule has 106 valence electrons. The molecule has 0 spiro atoms. The third-order valence-electron chi connectivity index (χ3n) is 2.76. The van der Waals surface area contributed by atoms with Crippen molar-refractivity contribution >= 4 is 15.9 Å². The maximum absolute atomic E-state index is 12.1. The van der Waals surface area contributed by atoms with Crippen LogP contribution >= 0.6 is 0 Å². The Hall–Kier alpha value is -2.19. The van der Waals surface area contributed by atoms with E-state index in [4.69, 9.17) is 11.1 Å². The van der Waals surface area contributed by atoms with Gasteiger partial charge in [0.1, 0.15) is 5.84 Å². The van der Waals surface area contributed by atoms with Crippen LogP contribution in [0.5, 0.6) is 0 Å². The predicted octanol–water partition coefficient (Wildman–Crippen LogP) is 0.183. The molecule has 0 aliphatic rings. The van der Waals surface area contributed by atoms with Crippen LogP contribution in [-0.2, 0) is 23.6 Å². The van der Waals surface area contributed by atoms with Crippen molar-refractivity contribution in [3.8, 4) is 0 Å². The second kappa shape index (κ2) is 5.43. The van der Waals surface area contributed by atoms with Gasteiger partial charge in [0.15, 0.2) is 5.03 Å². The van der Waals surface area contributed by atoms with Crippen LogP contribution in [-0.4, -0.2) is 24.0 Å². The van der Waals surface area contributed by atoms with Gasteiger partial charge in [-0.05, 0) is 17.7 Å². The fourth-order valence-corrected chi connectivity index (χ4v) is 2.87. The molecule has 1 heterocycles. The topological polar surface area (TPSA) is 114 Å². The van der Waals surface area contributed by atoms with Crippen molar-refractivity contribution in [1.82, 2.24) is 14.5 Å². The Morgan fingerprint density at radius 3 is 2.80 bits per heavy atom. The highest BCUT2D eigenvalue weighted by molar-refractivity contribution is 7.89. The van der Waals surface area contributed by atoms with E-state index in [1.807, 2.05) is 0 Å². The molecule has 0 amide bonds. The van der Waals surface area contributed by atoms with Gasteiger partial charge in [0, 0.05) is 19.2 Å². The van der Waals surface area contributed by atoms with Gasteiger partial charge in [0.25, 0.3) is 10.0 Å². The molecule has 0 radical (unpaired) electrons. The molecule has 0 bridgehead atoms. The molecule has 0 saturated heterocycles. The fourth-order valence-electron chi connectivity index (χ4n) is 1.73. The zero-order valence-electron chi connectivity index (χ0n) is 10.9. The fraction of sp³-hybridized carbons (Fsp3) is 0.167. The van der Waals surface area contributed by atoms with E-state index in [9.17, 15) is 8.42 Å². The predicted molar refractivity (Wildman–Crippen MR) is 74.7 cm³/mol. The summed E-state index contributed by atoms with van der Waals surface area (Å²) >= 11 is 0. The second-order valence-electron chi connectivity index (χ2n) is 4.23. The number of hydrogen-bond acceptors (Lipinski definition) is 4.